The maximum atomic E-state index is 14.6. The van der Waals surface area contributed by atoms with Gasteiger partial charge in [0.25, 0.3) is 0 Å². The molecule has 8 heteroatoms. The molecule has 0 amide bonds. The van der Waals surface area contributed by atoms with Gasteiger partial charge in [-0.15, -0.1) is 0 Å². The summed E-state index contributed by atoms with van der Waals surface area (Å²) in [5.41, 5.74) is 3.06. The van der Waals surface area contributed by atoms with Gasteiger partial charge in [0, 0.05) is 48.8 Å². The van der Waals surface area contributed by atoms with Gasteiger partial charge < -0.3 is 20.2 Å². The van der Waals surface area contributed by atoms with Crippen LogP contribution in [-0.4, -0.2) is 87.4 Å². The predicted octanol–water partition coefficient (Wildman–Crippen LogP) is 5.71. The minimum Gasteiger partial charge on any atom is -0.400 e. The lowest BCUT2D eigenvalue weighted by atomic mass is 9.88. The van der Waals surface area contributed by atoms with Crippen LogP contribution in [0.1, 0.15) is 89.7 Å². The molecule has 48 heavy (non-hydrogen) atoms. The second-order valence-corrected chi connectivity index (χ2v) is 13.9. The standard InChI is InChI=1S/C27H30FN3O.C12H23NO.CH4O/c1-6-20-23(28)12-11-19-9-7-10-21(24(19)20)25-18(3)17(2)22(15-30-25)26(29-5)31-14-8-13-27(4,32)16-31;1-2-3-6-12-7-4-9-13(12)11(10-14)5-8-12;1-2/h7,9-12,15,32H,2,5-6,8,13-14,16H2,1,3-4H3;11,14H,2-10H2,1H3;2H,1H3/b26-22+;;/t27-;11?,12-;/m10./s1. The number of fused-ring (bicyclic) bond motifs is 2. The van der Waals surface area contributed by atoms with Crippen LogP contribution in [0.3, 0.4) is 0 Å². The topological polar surface area (TPSA) is 92.4 Å². The van der Waals surface area contributed by atoms with Gasteiger partial charge in [0.1, 0.15) is 11.6 Å². The highest BCUT2D eigenvalue weighted by Gasteiger charge is 2.47. The lowest BCUT2D eigenvalue weighted by Crippen LogP contribution is -2.47. The lowest BCUT2D eigenvalue weighted by molar-refractivity contribution is 0.00194. The van der Waals surface area contributed by atoms with Crippen molar-refractivity contribution >= 4 is 29.9 Å². The maximum Gasteiger partial charge on any atom is 0.137 e. The summed E-state index contributed by atoms with van der Waals surface area (Å²) < 4.78 is 14.6. The molecule has 2 aromatic carbocycles. The molecule has 0 spiro atoms. The molecular weight excluding hydrogens is 603 g/mol. The van der Waals surface area contributed by atoms with E-state index in [1.165, 1.54) is 57.6 Å². The van der Waals surface area contributed by atoms with Crippen LogP contribution >= 0.6 is 0 Å². The Kier molecular flexibility index (Phi) is 12.9. The Hall–Kier alpha value is -3.17. The molecule has 6 rings (SSSR count). The number of aryl methyl sites for hydroxylation is 1. The fraction of sp³-hybridized carbons (Fsp3) is 0.550. The van der Waals surface area contributed by atoms with Crippen LogP contribution in [0.25, 0.3) is 34.4 Å². The van der Waals surface area contributed by atoms with E-state index in [1.54, 1.807) is 6.20 Å². The number of rotatable bonds is 8. The lowest BCUT2D eigenvalue weighted by Gasteiger charge is -2.38. The van der Waals surface area contributed by atoms with E-state index in [9.17, 15) is 14.6 Å². The molecule has 3 aromatic rings. The first kappa shape index (κ1) is 37.6. The summed E-state index contributed by atoms with van der Waals surface area (Å²) in [6, 6.07) is 9.80. The quantitative estimate of drug-likeness (QED) is 0.268. The number of β-amino-alcohol motifs (C(OH)–C–C–N with tert-alkyl or cyclic N) is 1. The largest absolute Gasteiger partial charge is 0.400 e. The Labute approximate surface area is 286 Å². The number of aliphatic hydroxyl groups is 3. The molecule has 4 heterocycles. The van der Waals surface area contributed by atoms with E-state index in [4.69, 9.17) is 10.1 Å². The average molecular weight is 661 g/mol. The number of hydrogen-bond acceptors (Lipinski definition) is 7. The van der Waals surface area contributed by atoms with Gasteiger partial charge in [0.05, 0.1) is 17.9 Å². The number of piperidine rings is 1. The molecule has 7 nitrogen and oxygen atoms in total. The second kappa shape index (κ2) is 16.5. The molecule has 0 aliphatic carbocycles. The number of pyridine rings is 1. The van der Waals surface area contributed by atoms with Crippen LogP contribution in [0.5, 0.6) is 0 Å². The molecule has 0 saturated carbocycles. The summed E-state index contributed by atoms with van der Waals surface area (Å²) in [4.78, 5) is 13.8. The number of aliphatic hydroxyl groups excluding tert-OH is 2. The average Bonchev–Trinajstić information content (AvgIpc) is 3.66. The number of unbranched alkanes of at least 4 members (excludes halogenated alkanes) is 1. The number of benzene rings is 2. The molecule has 3 atom stereocenters. The van der Waals surface area contributed by atoms with Gasteiger partial charge in [-0.2, -0.15) is 0 Å². The van der Waals surface area contributed by atoms with Crippen LogP contribution in [0.15, 0.2) is 41.5 Å². The van der Waals surface area contributed by atoms with Crippen LogP contribution in [0.4, 0.5) is 4.39 Å². The normalized spacial score (nSPS) is 24.4. The minimum absolute atomic E-state index is 0.194. The van der Waals surface area contributed by atoms with Crippen molar-refractivity contribution in [2.24, 2.45) is 4.99 Å². The highest BCUT2D eigenvalue weighted by atomic mass is 19.1. The zero-order valence-electron chi connectivity index (χ0n) is 29.9. The molecule has 3 fully saturated rings. The first-order chi connectivity index (χ1) is 23.1. The van der Waals surface area contributed by atoms with Gasteiger partial charge in [-0.25, -0.2) is 9.38 Å². The Morgan fingerprint density at radius 1 is 1.10 bits per heavy atom. The Morgan fingerprint density at radius 3 is 2.52 bits per heavy atom. The van der Waals surface area contributed by atoms with Crippen LogP contribution in [0, 0.1) is 12.7 Å². The van der Waals surface area contributed by atoms with Crippen molar-refractivity contribution in [2.45, 2.75) is 109 Å². The third kappa shape index (κ3) is 7.67. The summed E-state index contributed by atoms with van der Waals surface area (Å²) in [6.07, 6.45) is 13.3. The predicted molar refractivity (Wildman–Crippen MR) is 197 cm³/mol. The van der Waals surface area contributed by atoms with Gasteiger partial charge in [-0.1, -0.05) is 57.5 Å². The maximum absolute atomic E-state index is 14.6. The number of aliphatic imine (C=N–C) groups is 1. The van der Waals surface area contributed by atoms with E-state index in [-0.39, 0.29) is 5.82 Å². The number of aromatic nitrogens is 1. The van der Waals surface area contributed by atoms with E-state index < -0.39 is 5.60 Å². The van der Waals surface area contributed by atoms with E-state index in [1.807, 2.05) is 45.0 Å². The molecular formula is C40H57FN4O3. The first-order valence-electron chi connectivity index (χ1n) is 17.8. The van der Waals surface area contributed by atoms with Crippen molar-refractivity contribution in [2.75, 3.05) is 33.4 Å². The summed E-state index contributed by atoms with van der Waals surface area (Å²) in [6.45, 7) is 19.1. The monoisotopic (exact) mass is 660 g/mol. The molecule has 3 N–H and O–H groups in total. The van der Waals surface area contributed by atoms with Crippen LogP contribution in [0.2, 0.25) is 0 Å². The minimum atomic E-state index is -0.762. The van der Waals surface area contributed by atoms with E-state index in [2.05, 4.69) is 35.0 Å². The number of nitrogens with zero attached hydrogens (tertiary/aromatic N) is 4. The number of likely N-dealkylation sites (tertiary alicyclic amines) is 1. The Bertz CT molecular complexity index is 1680. The molecule has 3 aliphatic rings. The Balaban J connectivity index is 0.000000270. The highest BCUT2D eigenvalue weighted by Crippen LogP contribution is 2.45. The molecule has 262 valence electrons. The van der Waals surface area contributed by atoms with E-state index >= 15 is 0 Å². The summed E-state index contributed by atoms with van der Waals surface area (Å²) in [5.74, 6) is 0.496. The molecule has 3 aliphatic heterocycles. The highest BCUT2D eigenvalue weighted by molar-refractivity contribution is 5.99. The van der Waals surface area contributed by atoms with Crippen molar-refractivity contribution < 1.29 is 19.7 Å². The van der Waals surface area contributed by atoms with Gasteiger partial charge in [0.15, 0.2) is 0 Å². The molecule has 0 bridgehead atoms. The van der Waals surface area contributed by atoms with Crippen LogP contribution in [-0.2, 0) is 6.42 Å². The van der Waals surface area contributed by atoms with Crippen molar-refractivity contribution in [1.82, 2.24) is 14.8 Å². The van der Waals surface area contributed by atoms with Gasteiger partial charge in [0.2, 0.25) is 0 Å². The van der Waals surface area contributed by atoms with Gasteiger partial charge in [-0.3, -0.25) is 9.88 Å². The SMILES string of the molecule is C=N/C(=c1/cnc(-c2cccc3ccc(F)c(CC)c23)c(C)c1=C)N1CCC[C@@](C)(O)C1.CCCC[C@@]12CCCN1C(CO)CC2.CO. The van der Waals surface area contributed by atoms with Crippen molar-refractivity contribution in [3.63, 3.8) is 0 Å². The first-order valence-corrected chi connectivity index (χ1v) is 17.8. The van der Waals surface area contributed by atoms with Crippen LogP contribution < -0.4 is 10.4 Å². The zero-order chi connectivity index (χ0) is 35.1. The van der Waals surface area contributed by atoms with Crippen molar-refractivity contribution in [3.8, 4) is 11.3 Å². The van der Waals surface area contributed by atoms with Gasteiger partial charge in [-0.05, 0) is 112 Å². The third-order valence-electron chi connectivity index (χ3n) is 10.8. The van der Waals surface area contributed by atoms with E-state index in [0.717, 1.165) is 64.5 Å². The van der Waals surface area contributed by atoms with Crippen molar-refractivity contribution in [1.29, 1.82) is 0 Å². The molecule has 0 radical (unpaired) electrons. The number of halogens is 1. The number of hydrogen-bond donors (Lipinski definition) is 3. The Morgan fingerprint density at radius 2 is 1.85 bits per heavy atom. The molecule has 3 saturated heterocycles. The summed E-state index contributed by atoms with van der Waals surface area (Å²) in [7, 11) is 1.00. The van der Waals surface area contributed by atoms with E-state index in [0.29, 0.717) is 42.5 Å². The summed E-state index contributed by atoms with van der Waals surface area (Å²) in [5, 5.41) is 30.4. The second-order valence-electron chi connectivity index (χ2n) is 13.9. The fourth-order valence-corrected chi connectivity index (χ4v) is 8.32. The smallest absolute Gasteiger partial charge is 0.137 e. The molecule has 1 aromatic heterocycles. The van der Waals surface area contributed by atoms with Gasteiger partial charge >= 0.3 is 0 Å². The third-order valence-corrected chi connectivity index (χ3v) is 10.8. The summed E-state index contributed by atoms with van der Waals surface area (Å²) >= 11 is 0. The van der Waals surface area contributed by atoms with Crippen molar-refractivity contribution in [3.05, 3.63) is 63.9 Å². The fourth-order valence-electron chi connectivity index (χ4n) is 8.32. The zero-order valence-corrected chi connectivity index (χ0v) is 29.9. The molecule has 1 unspecified atom stereocenters.